The summed E-state index contributed by atoms with van der Waals surface area (Å²) in [4.78, 5) is 11.7. The summed E-state index contributed by atoms with van der Waals surface area (Å²) in [5.41, 5.74) is 1.71. The van der Waals surface area contributed by atoms with E-state index in [2.05, 4.69) is 18.8 Å². The fourth-order valence-electron chi connectivity index (χ4n) is 2.36. The Bertz CT molecular complexity index is 491. The van der Waals surface area contributed by atoms with E-state index in [0.717, 1.165) is 18.4 Å². The highest BCUT2D eigenvalue weighted by molar-refractivity contribution is 5.89. The minimum Gasteiger partial charge on any atom is -0.449 e. The van der Waals surface area contributed by atoms with E-state index < -0.39 is 0 Å². The molecule has 2 nitrogen and oxygen atoms in total. The first-order valence-corrected chi connectivity index (χ1v) is 8.93. The largest absolute Gasteiger partial charge is 0.449 e. The quantitative estimate of drug-likeness (QED) is 0.315. The van der Waals surface area contributed by atoms with Gasteiger partial charge < -0.3 is 4.74 Å². The van der Waals surface area contributed by atoms with Crippen molar-refractivity contribution in [1.29, 1.82) is 0 Å². The molecule has 0 aliphatic carbocycles. The van der Waals surface area contributed by atoms with Gasteiger partial charge in [0.05, 0.1) is 5.56 Å². The van der Waals surface area contributed by atoms with Crippen LogP contribution < -0.4 is 0 Å². The lowest BCUT2D eigenvalue weighted by Crippen LogP contribution is -2.05. The molecule has 0 saturated heterocycles. The van der Waals surface area contributed by atoms with Crippen molar-refractivity contribution in [3.8, 4) is 11.8 Å². The lowest BCUT2D eigenvalue weighted by molar-refractivity contribution is 0.0556. The molecular formula is C21H30O2. The Hall–Kier alpha value is -1.75. The fourth-order valence-corrected chi connectivity index (χ4v) is 2.36. The van der Waals surface area contributed by atoms with Gasteiger partial charge in [-0.05, 0) is 25.5 Å². The van der Waals surface area contributed by atoms with E-state index in [1.54, 1.807) is 12.1 Å². The molecule has 1 aromatic rings. The molecule has 0 amide bonds. The van der Waals surface area contributed by atoms with E-state index in [1.807, 2.05) is 19.1 Å². The molecule has 0 heterocycles. The Kier molecular flexibility index (Phi) is 10.7. The number of rotatable bonds is 10. The molecule has 0 fully saturated rings. The number of unbranched alkanes of at least 4 members (excludes halogenated alkanes) is 8. The van der Waals surface area contributed by atoms with Crippen molar-refractivity contribution in [1.82, 2.24) is 0 Å². The minimum atomic E-state index is -0.300. The Balaban J connectivity index is 2.01. The van der Waals surface area contributed by atoms with Gasteiger partial charge in [-0.2, -0.15) is 0 Å². The first-order chi connectivity index (χ1) is 11.2. The molecule has 0 aromatic heterocycles. The Morgan fingerprint density at radius 1 is 0.913 bits per heavy atom. The number of aryl methyl sites for hydroxylation is 1. The minimum absolute atomic E-state index is 0.184. The van der Waals surface area contributed by atoms with E-state index in [9.17, 15) is 4.79 Å². The van der Waals surface area contributed by atoms with Crippen LogP contribution in [0.15, 0.2) is 24.3 Å². The topological polar surface area (TPSA) is 26.3 Å². The SMILES string of the molecule is CCCCCCCCCCC#CCOC(=O)c1ccc(C)cc1. The van der Waals surface area contributed by atoms with E-state index in [-0.39, 0.29) is 12.6 Å². The molecule has 23 heavy (non-hydrogen) atoms. The average molecular weight is 314 g/mol. The third-order valence-electron chi connectivity index (χ3n) is 3.84. The maximum Gasteiger partial charge on any atom is 0.339 e. The van der Waals surface area contributed by atoms with Crippen LogP contribution in [-0.4, -0.2) is 12.6 Å². The molecule has 0 saturated carbocycles. The molecule has 0 atom stereocenters. The van der Waals surface area contributed by atoms with Crippen LogP contribution in [-0.2, 0) is 4.74 Å². The lowest BCUT2D eigenvalue weighted by atomic mass is 10.1. The second-order valence-corrected chi connectivity index (χ2v) is 6.02. The van der Waals surface area contributed by atoms with Crippen LogP contribution >= 0.6 is 0 Å². The number of hydrogen-bond acceptors (Lipinski definition) is 2. The molecule has 126 valence electrons. The van der Waals surface area contributed by atoms with E-state index in [1.165, 1.54) is 44.9 Å². The zero-order chi connectivity index (χ0) is 16.8. The van der Waals surface area contributed by atoms with E-state index in [4.69, 9.17) is 4.74 Å². The average Bonchev–Trinajstić information content (AvgIpc) is 2.56. The molecule has 2 heteroatoms. The summed E-state index contributed by atoms with van der Waals surface area (Å²) in [5, 5.41) is 0. The molecule has 0 radical (unpaired) electrons. The van der Waals surface area contributed by atoms with Gasteiger partial charge >= 0.3 is 5.97 Å². The van der Waals surface area contributed by atoms with Crippen LogP contribution in [0.1, 0.15) is 80.6 Å². The summed E-state index contributed by atoms with van der Waals surface area (Å²) < 4.78 is 5.14. The Morgan fingerprint density at radius 2 is 1.52 bits per heavy atom. The van der Waals surface area contributed by atoms with Gasteiger partial charge in [-0.25, -0.2) is 4.79 Å². The van der Waals surface area contributed by atoms with Crippen LogP contribution in [0.25, 0.3) is 0 Å². The predicted octanol–water partition coefficient (Wildman–Crippen LogP) is 5.69. The fraction of sp³-hybridized carbons (Fsp3) is 0.571. The Morgan fingerprint density at radius 3 is 2.17 bits per heavy atom. The van der Waals surface area contributed by atoms with Gasteiger partial charge in [0.2, 0.25) is 0 Å². The van der Waals surface area contributed by atoms with Gasteiger partial charge in [0, 0.05) is 6.42 Å². The molecular weight excluding hydrogens is 284 g/mol. The highest BCUT2D eigenvalue weighted by atomic mass is 16.5. The van der Waals surface area contributed by atoms with Crippen molar-refractivity contribution >= 4 is 5.97 Å². The molecule has 0 aliphatic rings. The van der Waals surface area contributed by atoms with Crippen molar-refractivity contribution in [3.05, 3.63) is 35.4 Å². The first kappa shape index (κ1) is 19.3. The lowest BCUT2D eigenvalue weighted by Gasteiger charge is -2.01. The van der Waals surface area contributed by atoms with E-state index >= 15 is 0 Å². The molecule has 0 unspecified atom stereocenters. The van der Waals surface area contributed by atoms with Crippen LogP contribution in [0, 0.1) is 18.8 Å². The van der Waals surface area contributed by atoms with Crippen LogP contribution in [0.3, 0.4) is 0 Å². The summed E-state index contributed by atoms with van der Waals surface area (Å²) >= 11 is 0. The molecule has 0 bridgehead atoms. The van der Waals surface area contributed by atoms with Crippen molar-refractivity contribution in [2.24, 2.45) is 0 Å². The maximum atomic E-state index is 11.7. The predicted molar refractivity (Wildman–Crippen MR) is 96.5 cm³/mol. The molecule has 0 N–H and O–H groups in total. The van der Waals surface area contributed by atoms with Crippen LogP contribution in [0.5, 0.6) is 0 Å². The van der Waals surface area contributed by atoms with Crippen LogP contribution in [0.2, 0.25) is 0 Å². The van der Waals surface area contributed by atoms with Crippen molar-refractivity contribution < 1.29 is 9.53 Å². The third-order valence-corrected chi connectivity index (χ3v) is 3.84. The smallest absolute Gasteiger partial charge is 0.339 e. The summed E-state index contributed by atoms with van der Waals surface area (Å²) in [5.74, 6) is 5.71. The van der Waals surface area contributed by atoms with Crippen molar-refractivity contribution in [2.75, 3.05) is 6.61 Å². The summed E-state index contributed by atoms with van der Waals surface area (Å²) in [6.45, 7) is 4.42. The molecule has 1 rings (SSSR count). The highest BCUT2D eigenvalue weighted by Crippen LogP contribution is 2.09. The second kappa shape index (κ2) is 12.8. The number of hydrogen-bond donors (Lipinski definition) is 0. The summed E-state index contributed by atoms with van der Waals surface area (Å²) in [7, 11) is 0. The van der Waals surface area contributed by atoms with Gasteiger partial charge in [0.15, 0.2) is 6.61 Å². The molecule has 0 spiro atoms. The summed E-state index contributed by atoms with van der Waals surface area (Å²) in [6.07, 6.45) is 11.4. The van der Waals surface area contributed by atoms with Gasteiger partial charge in [0.25, 0.3) is 0 Å². The second-order valence-electron chi connectivity index (χ2n) is 6.02. The normalized spacial score (nSPS) is 10.0. The summed E-state index contributed by atoms with van der Waals surface area (Å²) in [6, 6.07) is 7.38. The standard InChI is InChI=1S/C21H30O2/c1-3-4-5-6-7-8-9-10-11-12-13-18-23-21(22)20-16-14-19(2)15-17-20/h14-17H,3-11,18H2,1-2H3. The van der Waals surface area contributed by atoms with Crippen molar-refractivity contribution in [2.45, 2.75) is 71.6 Å². The number of ether oxygens (including phenoxy) is 1. The monoisotopic (exact) mass is 314 g/mol. The van der Waals surface area contributed by atoms with Gasteiger partial charge in [-0.15, -0.1) is 0 Å². The zero-order valence-corrected chi connectivity index (χ0v) is 14.7. The number of esters is 1. The number of benzene rings is 1. The third kappa shape index (κ3) is 9.79. The van der Waals surface area contributed by atoms with Gasteiger partial charge in [0.1, 0.15) is 0 Å². The highest BCUT2D eigenvalue weighted by Gasteiger charge is 2.04. The van der Waals surface area contributed by atoms with Crippen LogP contribution in [0.4, 0.5) is 0 Å². The first-order valence-electron chi connectivity index (χ1n) is 8.93. The Labute approximate surface area is 141 Å². The van der Waals surface area contributed by atoms with E-state index in [0.29, 0.717) is 5.56 Å². The van der Waals surface area contributed by atoms with Gasteiger partial charge in [-0.3, -0.25) is 0 Å². The number of carbonyl (C=O) groups excluding carboxylic acids is 1. The molecule has 1 aromatic carbocycles. The molecule has 0 aliphatic heterocycles. The number of carbonyl (C=O) groups is 1. The van der Waals surface area contributed by atoms with Crippen molar-refractivity contribution in [3.63, 3.8) is 0 Å². The zero-order valence-electron chi connectivity index (χ0n) is 14.7. The van der Waals surface area contributed by atoms with Gasteiger partial charge in [-0.1, -0.05) is 81.4 Å². The maximum absolute atomic E-state index is 11.7.